The molecule has 170 valence electrons. The second kappa shape index (κ2) is 21.0. The van der Waals surface area contributed by atoms with Gasteiger partial charge in [0.2, 0.25) is 0 Å². The molecule has 0 saturated carbocycles. The number of aliphatic carboxylic acids is 1. The molecule has 1 atom stereocenters. The highest BCUT2D eigenvalue weighted by Crippen LogP contribution is 2.10. The molecule has 0 aliphatic rings. The van der Waals surface area contributed by atoms with E-state index in [0.29, 0.717) is 6.42 Å². The van der Waals surface area contributed by atoms with Crippen LogP contribution in [0.5, 0.6) is 0 Å². The monoisotopic (exact) mass is 406 g/mol. The Morgan fingerprint density at radius 1 is 0.857 bits per heavy atom. The van der Waals surface area contributed by atoms with E-state index in [1.807, 2.05) is 6.92 Å². The van der Waals surface area contributed by atoms with Gasteiger partial charge in [0.1, 0.15) is 0 Å². The van der Waals surface area contributed by atoms with Gasteiger partial charge in [-0.05, 0) is 25.8 Å². The molecule has 0 aliphatic heterocycles. The first kappa shape index (κ1) is 29.5. The average Bonchev–Trinajstić information content (AvgIpc) is 2.62. The number of hydroxylamine groups is 3. The third-order valence-electron chi connectivity index (χ3n) is 4.66. The zero-order valence-corrected chi connectivity index (χ0v) is 18.5. The minimum absolute atomic E-state index is 0.126. The van der Waals surface area contributed by atoms with Gasteiger partial charge in [-0.1, -0.05) is 90.0 Å². The number of carboxylic acid groups (broad SMARTS) is 1. The predicted molar refractivity (Wildman–Crippen MR) is 113 cm³/mol. The van der Waals surface area contributed by atoms with E-state index in [1.54, 1.807) is 0 Å². The number of nitrogens with zero attached hydrogens (tertiary/aromatic N) is 1. The highest BCUT2D eigenvalue weighted by Gasteiger charge is 2.17. The summed E-state index contributed by atoms with van der Waals surface area (Å²) in [6.45, 7) is 6.87. The van der Waals surface area contributed by atoms with Crippen LogP contribution >= 0.6 is 0 Å². The van der Waals surface area contributed by atoms with E-state index in [4.69, 9.17) is 15.5 Å². The Balaban J connectivity index is 0. The Bertz CT molecular complexity index is 335. The summed E-state index contributed by atoms with van der Waals surface area (Å²) in [4.78, 5) is 8.01. The first-order chi connectivity index (χ1) is 13.3. The Morgan fingerprint density at radius 3 is 1.75 bits per heavy atom. The molecule has 0 fully saturated rings. The Hall–Kier alpha value is -0.730. The maximum absolute atomic E-state index is 10.6. The Morgan fingerprint density at radius 2 is 1.32 bits per heavy atom. The highest BCUT2D eigenvalue weighted by atomic mass is 17.1. The van der Waals surface area contributed by atoms with Crippen LogP contribution in [0.2, 0.25) is 0 Å². The quantitative estimate of drug-likeness (QED) is 0.133. The maximum Gasteiger partial charge on any atom is 0.303 e. The summed E-state index contributed by atoms with van der Waals surface area (Å²) in [7, 11) is 0. The van der Waals surface area contributed by atoms with E-state index in [-0.39, 0.29) is 12.6 Å². The fourth-order valence-corrected chi connectivity index (χ4v) is 2.89. The molecule has 0 bridgehead atoms. The van der Waals surface area contributed by atoms with Crippen molar-refractivity contribution in [3.05, 3.63) is 5.21 Å². The molecule has 7 nitrogen and oxygen atoms in total. The number of rotatable bonds is 18. The van der Waals surface area contributed by atoms with Gasteiger partial charge in [-0.15, -0.1) is 0 Å². The lowest BCUT2D eigenvalue weighted by Gasteiger charge is -2.28. The lowest BCUT2D eigenvalue weighted by molar-refractivity contribution is -1.21. The summed E-state index contributed by atoms with van der Waals surface area (Å²) in [6.07, 6.45) is 15.6. The second-order valence-corrected chi connectivity index (χ2v) is 7.59. The summed E-state index contributed by atoms with van der Waals surface area (Å²) < 4.78 is 0. The SMILES string of the molecule is CCCCCCCCCCCC(=O)O.CCCCCNC(CC)C[N+]([O-])(O)O. The van der Waals surface area contributed by atoms with Crippen molar-refractivity contribution in [3.63, 3.8) is 0 Å². The van der Waals surface area contributed by atoms with Gasteiger partial charge in [0.15, 0.2) is 6.54 Å². The van der Waals surface area contributed by atoms with E-state index in [9.17, 15) is 10.0 Å². The van der Waals surface area contributed by atoms with Crippen molar-refractivity contribution in [3.8, 4) is 0 Å². The molecule has 1 unspecified atom stereocenters. The molecular formula is C21H46N2O5. The number of nitrogens with one attached hydrogen (secondary N) is 1. The minimum Gasteiger partial charge on any atom is -0.564 e. The lowest BCUT2D eigenvalue weighted by atomic mass is 10.1. The summed E-state index contributed by atoms with van der Waals surface area (Å²) in [5, 5.41) is 39.3. The molecule has 0 aromatic carbocycles. The molecule has 0 saturated heterocycles. The van der Waals surface area contributed by atoms with Gasteiger partial charge < -0.3 is 15.6 Å². The lowest BCUT2D eigenvalue weighted by Crippen LogP contribution is -2.46. The van der Waals surface area contributed by atoms with Crippen LogP contribution in [0.25, 0.3) is 0 Å². The zero-order valence-electron chi connectivity index (χ0n) is 18.5. The van der Waals surface area contributed by atoms with Gasteiger partial charge in [-0.2, -0.15) is 10.4 Å². The van der Waals surface area contributed by atoms with Crippen LogP contribution in [0.4, 0.5) is 0 Å². The Kier molecular flexibility index (Phi) is 22.1. The summed E-state index contributed by atoms with van der Waals surface area (Å²) >= 11 is 0. The molecule has 0 aromatic heterocycles. The topological polar surface area (TPSA) is 113 Å². The number of quaternary nitrogens is 1. The van der Waals surface area contributed by atoms with Crippen LogP contribution < -0.4 is 5.32 Å². The number of carboxylic acids is 1. The average molecular weight is 407 g/mol. The fraction of sp³-hybridized carbons (Fsp3) is 0.952. The first-order valence-electron chi connectivity index (χ1n) is 11.3. The van der Waals surface area contributed by atoms with E-state index in [1.165, 1.54) is 44.9 Å². The third-order valence-corrected chi connectivity index (χ3v) is 4.66. The molecule has 0 spiro atoms. The molecule has 4 N–H and O–H groups in total. The van der Waals surface area contributed by atoms with Crippen LogP contribution in [-0.2, 0) is 4.79 Å². The van der Waals surface area contributed by atoms with Crippen LogP contribution in [0.1, 0.15) is 111 Å². The molecule has 0 amide bonds. The predicted octanol–water partition coefficient (Wildman–Crippen LogP) is 5.63. The van der Waals surface area contributed by atoms with Crippen molar-refractivity contribution < 1.29 is 25.3 Å². The van der Waals surface area contributed by atoms with E-state index in [0.717, 1.165) is 45.1 Å². The standard InChI is InChI=1S/C12H24O2.C9H22N2O3/c1-2-3-4-5-6-7-8-9-10-11-12(13)14;1-3-5-6-7-10-9(4-2)8-11(12,13)14/h2-11H2,1H3,(H,13,14);9-10,12-13H,3-8H2,1-2H3. The van der Waals surface area contributed by atoms with E-state index >= 15 is 0 Å². The largest absolute Gasteiger partial charge is 0.564 e. The van der Waals surface area contributed by atoms with Gasteiger partial charge in [0.05, 0.1) is 6.04 Å². The molecule has 7 heteroatoms. The molecule has 0 aliphatic carbocycles. The van der Waals surface area contributed by atoms with Crippen molar-refractivity contribution in [2.75, 3.05) is 13.1 Å². The molecule has 0 heterocycles. The van der Waals surface area contributed by atoms with Gasteiger partial charge in [-0.25, -0.2) is 0 Å². The van der Waals surface area contributed by atoms with Gasteiger partial charge >= 0.3 is 5.97 Å². The zero-order chi connectivity index (χ0) is 21.7. The van der Waals surface area contributed by atoms with Crippen LogP contribution in [0.3, 0.4) is 0 Å². The summed E-state index contributed by atoms with van der Waals surface area (Å²) in [6, 6.07) is -0.126. The van der Waals surface area contributed by atoms with E-state index in [2.05, 4.69) is 19.2 Å². The normalized spacial score (nSPS) is 12.4. The molecular weight excluding hydrogens is 360 g/mol. The van der Waals surface area contributed by atoms with Crippen LogP contribution in [0.15, 0.2) is 0 Å². The number of hydrogen-bond donors (Lipinski definition) is 4. The summed E-state index contributed by atoms with van der Waals surface area (Å²) in [5.74, 6) is -0.659. The minimum atomic E-state index is -2.20. The fourth-order valence-electron chi connectivity index (χ4n) is 2.89. The van der Waals surface area contributed by atoms with Crippen LogP contribution in [-0.4, -0.2) is 45.6 Å². The van der Waals surface area contributed by atoms with Crippen molar-refractivity contribution in [2.45, 2.75) is 117 Å². The second-order valence-electron chi connectivity index (χ2n) is 7.59. The molecule has 0 rings (SSSR count). The van der Waals surface area contributed by atoms with Crippen molar-refractivity contribution >= 4 is 5.97 Å². The maximum atomic E-state index is 10.6. The van der Waals surface area contributed by atoms with Crippen molar-refractivity contribution in [2.24, 2.45) is 0 Å². The summed E-state index contributed by atoms with van der Waals surface area (Å²) in [5.41, 5.74) is 0. The Labute approximate surface area is 172 Å². The number of unbranched alkanes of at least 4 members (excludes halogenated alkanes) is 10. The number of hydrogen-bond acceptors (Lipinski definition) is 5. The van der Waals surface area contributed by atoms with Crippen LogP contribution in [0, 0.1) is 5.21 Å². The molecule has 0 radical (unpaired) electrons. The third kappa shape index (κ3) is 27.5. The first-order valence-corrected chi connectivity index (χ1v) is 11.3. The number of carbonyl (C=O) groups is 1. The molecule has 0 aromatic rings. The van der Waals surface area contributed by atoms with Crippen molar-refractivity contribution in [1.82, 2.24) is 5.32 Å². The smallest absolute Gasteiger partial charge is 0.303 e. The van der Waals surface area contributed by atoms with Gasteiger partial charge in [0, 0.05) is 6.42 Å². The van der Waals surface area contributed by atoms with Gasteiger partial charge in [-0.3, -0.25) is 4.79 Å². The molecule has 28 heavy (non-hydrogen) atoms. The highest BCUT2D eigenvalue weighted by molar-refractivity contribution is 5.66. The van der Waals surface area contributed by atoms with Crippen molar-refractivity contribution in [1.29, 1.82) is 0 Å². The van der Waals surface area contributed by atoms with Gasteiger partial charge in [0.25, 0.3) is 0 Å². The van der Waals surface area contributed by atoms with E-state index < -0.39 is 10.9 Å².